The van der Waals surface area contributed by atoms with Gasteiger partial charge in [0.1, 0.15) is 0 Å². The molecule has 3 N–H and O–H groups in total. The van der Waals surface area contributed by atoms with Gasteiger partial charge in [-0.2, -0.15) is 4.98 Å². The number of rotatable bonds is 5. The number of aromatic nitrogens is 2. The predicted octanol–water partition coefficient (Wildman–Crippen LogP) is 0.575. The maximum absolute atomic E-state index is 12.2. The van der Waals surface area contributed by atoms with Crippen LogP contribution in [0.1, 0.15) is 31.5 Å². The Balaban J connectivity index is 1.88. The molecule has 0 radical (unpaired) electrons. The van der Waals surface area contributed by atoms with Crippen molar-refractivity contribution in [3.63, 3.8) is 0 Å². The monoisotopic (exact) mass is 268 g/mol. The van der Waals surface area contributed by atoms with Crippen LogP contribution >= 0.6 is 12.2 Å². The van der Waals surface area contributed by atoms with Crippen molar-refractivity contribution in [3.8, 4) is 0 Å². The third-order valence-corrected chi connectivity index (χ3v) is 3.80. The first-order valence-corrected chi connectivity index (χ1v) is 6.39. The molecule has 1 aromatic heterocycles. The number of carbonyl (C=O) groups is 1. The Morgan fingerprint density at radius 3 is 2.83 bits per heavy atom. The summed E-state index contributed by atoms with van der Waals surface area (Å²) in [5.74, 6) is 0.502. The smallest absolute Gasteiger partial charge is 0.233 e. The molecule has 0 bridgehead atoms. The molecule has 0 spiro atoms. The largest absolute Gasteiger partial charge is 0.392 e. The Labute approximate surface area is 110 Å². The highest BCUT2D eigenvalue weighted by Crippen LogP contribution is 2.38. The first kappa shape index (κ1) is 12.9. The number of hydrogen-bond donors (Lipinski definition) is 2. The summed E-state index contributed by atoms with van der Waals surface area (Å²) in [6, 6.07) is 0. The summed E-state index contributed by atoms with van der Waals surface area (Å²) in [5.41, 5.74) is 5.08. The summed E-state index contributed by atoms with van der Waals surface area (Å²) in [7, 11) is 0. The van der Waals surface area contributed by atoms with Gasteiger partial charge in [-0.1, -0.05) is 30.2 Å². The van der Waals surface area contributed by atoms with E-state index in [4.69, 9.17) is 18.0 Å². The van der Waals surface area contributed by atoms with E-state index in [1.165, 1.54) is 6.39 Å². The minimum absolute atomic E-state index is 0.0732. The fourth-order valence-corrected chi connectivity index (χ4v) is 2.62. The van der Waals surface area contributed by atoms with E-state index in [2.05, 4.69) is 20.0 Å². The van der Waals surface area contributed by atoms with Crippen molar-refractivity contribution in [2.45, 2.75) is 32.1 Å². The molecule has 7 heteroatoms. The van der Waals surface area contributed by atoms with Crippen LogP contribution in [-0.4, -0.2) is 27.6 Å². The van der Waals surface area contributed by atoms with Crippen molar-refractivity contribution < 1.29 is 9.32 Å². The van der Waals surface area contributed by atoms with Crippen molar-refractivity contribution in [1.29, 1.82) is 0 Å². The fourth-order valence-electron chi connectivity index (χ4n) is 2.32. The van der Waals surface area contributed by atoms with Crippen LogP contribution in [0, 0.1) is 5.41 Å². The quantitative estimate of drug-likeness (QED) is 0.758. The Hall–Kier alpha value is -1.50. The maximum atomic E-state index is 12.2. The van der Waals surface area contributed by atoms with Crippen molar-refractivity contribution in [2.24, 2.45) is 11.1 Å². The zero-order chi connectivity index (χ0) is 13.0. The van der Waals surface area contributed by atoms with Gasteiger partial charge in [0.15, 0.2) is 5.82 Å². The predicted molar refractivity (Wildman–Crippen MR) is 68.7 cm³/mol. The van der Waals surface area contributed by atoms with Gasteiger partial charge in [0.05, 0.1) is 10.4 Å². The molecule has 0 unspecified atom stereocenters. The Kier molecular flexibility index (Phi) is 3.90. The molecule has 1 fully saturated rings. The molecule has 18 heavy (non-hydrogen) atoms. The standard InChI is InChI=1S/C11H16N4O2S/c12-9(18)11(4-1-2-5-11)10(16)13-6-3-8-14-7-17-15-8/h7H,1-6H2,(H2,12,18)(H,13,16). The average Bonchev–Trinajstić information content (AvgIpc) is 3.00. The number of nitrogens with zero attached hydrogens (tertiary/aromatic N) is 2. The summed E-state index contributed by atoms with van der Waals surface area (Å²) in [6.45, 7) is 0.461. The van der Waals surface area contributed by atoms with E-state index in [0.29, 0.717) is 23.8 Å². The topological polar surface area (TPSA) is 94.0 Å². The van der Waals surface area contributed by atoms with Crippen LogP contribution in [0.5, 0.6) is 0 Å². The second-order valence-corrected chi connectivity index (χ2v) is 4.95. The zero-order valence-corrected chi connectivity index (χ0v) is 10.8. The van der Waals surface area contributed by atoms with Gasteiger partial charge in [-0.3, -0.25) is 4.79 Å². The summed E-state index contributed by atoms with van der Waals surface area (Å²) in [6.07, 6.45) is 5.29. The Bertz CT molecular complexity index is 426. The van der Waals surface area contributed by atoms with Crippen molar-refractivity contribution in [2.75, 3.05) is 6.54 Å². The van der Waals surface area contributed by atoms with Gasteiger partial charge in [-0.25, -0.2) is 0 Å². The van der Waals surface area contributed by atoms with Crippen molar-refractivity contribution >= 4 is 23.1 Å². The second kappa shape index (κ2) is 5.43. The van der Waals surface area contributed by atoms with Crippen LogP contribution in [0.3, 0.4) is 0 Å². The summed E-state index contributed by atoms with van der Waals surface area (Å²) in [5, 5.41) is 6.53. The lowest BCUT2D eigenvalue weighted by atomic mass is 9.85. The second-order valence-electron chi connectivity index (χ2n) is 4.51. The van der Waals surface area contributed by atoms with Gasteiger partial charge in [0, 0.05) is 13.0 Å². The summed E-state index contributed by atoms with van der Waals surface area (Å²) >= 11 is 5.05. The lowest BCUT2D eigenvalue weighted by Crippen LogP contribution is -2.47. The molecule has 98 valence electrons. The summed E-state index contributed by atoms with van der Waals surface area (Å²) in [4.78, 5) is 16.4. The van der Waals surface area contributed by atoms with E-state index >= 15 is 0 Å². The number of carbonyl (C=O) groups excluding carboxylic acids is 1. The van der Waals surface area contributed by atoms with E-state index in [9.17, 15) is 4.79 Å². The van der Waals surface area contributed by atoms with E-state index in [-0.39, 0.29) is 5.91 Å². The van der Waals surface area contributed by atoms with Gasteiger partial charge in [-0.15, -0.1) is 0 Å². The number of hydrogen-bond acceptors (Lipinski definition) is 5. The van der Waals surface area contributed by atoms with Crippen LogP contribution in [0.25, 0.3) is 0 Å². The fraction of sp³-hybridized carbons (Fsp3) is 0.636. The van der Waals surface area contributed by atoms with E-state index < -0.39 is 5.41 Å². The van der Waals surface area contributed by atoms with Crippen LogP contribution in [0.15, 0.2) is 10.9 Å². The molecule has 2 rings (SSSR count). The number of amides is 1. The molecule has 0 aliphatic heterocycles. The molecule has 6 nitrogen and oxygen atoms in total. The third-order valence-electron chi connectivity index (χ3n) is 3.40. The molecule has 0 saturated heterocycles. The molecule has 1 saturated carbocycles. The molecular formula is C11H16N4O2S. The lowest BCUT2D eigenvalue weighted by molar-refractivity contribution is -0.127. The molecule has 1 aliphatic carbocycles. The van der Waals surface area contributed by atoms with E-state index in [1.54, 1.807) is 0 Å². The molecule has 1 amide bonds. The highest BCUT2D eigenvalue weighted by atomic mass is 32.1. The van der Waals surface area contributed by atoms with E-state index in [1.807, 2.05) is 0 Å². The first-order chi connectivity index (χ1) is 8.65. The first-order valence-electron chi connectivity index (χ1n) is 5.98. The van der Waals surface area contributed by atoms with E-state index in [0.717, 1.165) is 25.7 Å². The minimum Gasteiger partial charge on any atom is -0.392 e. The third kappa shape index (κ3) is 2.50. The highest BCUT2D eigenvalue weighted by Gasteiger charge is 2.43. The minimum atomic E-state index is -0.646. The highest BCUT2D eigenvalue weighted by molar-refractivity contribution is 7.80. The maximum Gasteiger partial charge on any atom is 0.233 e. The molecule has 1 aliphatic rings. The molecule has 1 aromatic rings. The molecular weight excluding hydrogens is 252 g/mol. The van der Waals surface area contributed by atoms with Gasteiger partial charge < -0.3 is 15.6 Å². The van der Waals surface area contributed by atoms with Crippen molar-refractivity contribution in [1.82, 2.24) is 15.5 Å². The normalized spacial score (nSPS) is 17.6. The average molecular weight is 268 g/mol. The van der Waals surface area contributed by atoms with Crippen LogP contribution in [0.2, 0.25) is 0 Å². The SMILES string of the molecule is NC(=S)C1(C(=O)NCCc2ncon2)CCCC1. The van der Waals surface area contributed by atoms with Crippen LogP contribution < -0.4 is 11.1 Å². The van der Waals surface area contributed by atoms with Gasteiger partial charge in [0.2, 0.25) is 12.3 Å². The lowest BCUT2D eigenvalue weighted by Gasteiger charge is -2.26. The number of nitrogens with one attached hydrogen (secondary N) is 1. The summed E-state index contributed by atoms with van der Waals surface area (Å²) < 4.78 is 4.62. The van der Waals surface area contributed by atoms with Crippen molar-refractivity contribution in [3.05, 3.63) is 12.2 Å². The molecule has 0 aromatic carbocycles. The van der Waals surface area contributed by atoms with Gasteiger partial charge in [-0.05, 0) is 12.8 Å². The zero-order valence-electron chi connectivity index (χ0n) is 10.0. The number of nitrogens with two attached hydrogens (primary N) is 1. The Morgan fingerprint density at radius 2 is 2.28 bits per heavy atom. The van der Waals surface area contributed by atoms with Crippen LogP contribution in [0.4, 0.5) is 0 Å². The van der Waals surface area contributed by atoms with Gasteiger partial charge >= 0.3 is 0 Å². The van der Waals surface area contributed by atoms with Crippen LogP contribution in [-0.2, 0) is 11.2 Å². The van der Waals surface area contributed by atoms with Gasteiger partial charge in [0.25, 0.3) is 0 Å². The molecule has 0 atom stereocenters. The number of thiocarbonyl (C=S) groups is 1. The molecule has 1 heterocycles. The Morgan fingerprint density at radius 1 is 1.56 bits per heavy atom.